The molecular weight excluding hydrogens is 352 g/mol. The van der Waals surface area contributed by atoms with E-state index in [1.54, 1.807) is 10.7 Å². The number of aromatic amines is 1. The molecule has 0 aliphatic heterocycles. The van der Waals surface area contributed by atoms with Crippen molar-refractivity contribution in [2.24, 2.45) is 0 Å². The molecule has 6 nitrogen and oxygen atoms in total. The number of carbonyl (C=O) groups is 1. The van der Waals surface area contributed by atoms with Crippen molar-refractivity contribution in [3.63, 3.8) is 0 Å². The van der Waals surface area contributed by atoms with Crippen molar-refractivity contribution < 1.29 is 4.79 Å². The quantitative estimate of drug-likeness (QED) is 0.731. The molecule has 0 radical (unpaired) electrons. The van der Waals surface area contributed by atoms with Gasteiger partial charge in [-0.25, -0.2) is 4.68 Å². The molecule has 6 heteroatoms. The van der Waals surface area contributed by atoms with Crippen molar-refractivity contribution in [1.29, 1.82) is 0 Å². The van der Waals surface area contributed by atoms with Gasteiger partial charge >= 0.3 is 0 Å². The molecular formula is C22H24N4O2. The normalized spacial score (nSPS) is 22.3. The van der Waals surface area contributed by atoms with Gasteiger partial charge in [0.15, 0.2) is 0 Å². The number of hydrogen-bond acceptors (Lipinski definition) is 3. The molecule has 0 bridgehead atoms. The number of aromatic nitrogens is 3. The number of benzene rings is 1. The molecule has 2 saturated carbocycles. The second-order valence-electron chi connectivity index (χ2n) is 8.07. The van der Waals surface area contributed by atoms with Gasteiger partial charge in [-0.2, -0.15) is 5.10 Å². The number of carbonyl (C=O) groups excluding carboxylic acids is 1. The molecule has 0 saturated heterocycles. The lowest BCUT2D eigenvalue weighted by molar-refractivity contribution is 0.0921. The maximum atomic E-state index is 12.6. The zero-order valence-corrected chi connectivity index (χ0v) is 15.7. The molecule has 3 aromatic rings. The van der Waals surface area contributed by atoms with E-state index in [0.29, 0.717) is 11.5 Å². The van der Waals surface area contributed by atoms with Gasteiger partial charge in [-0.05, 0) is 68.2 Å². The first-order valence-electron chi connectivity index (χ1n) is 10.1. The highest BCUT2D eigenvalue weighted by molar-refractivity contribution is 5.98. The van der Waals surface area contributed by atoms with Crippen LogP contribution in [0.25, 0.3) is 10.9 Å². The average Bonchev–Trinajstić information content (AvgIpc) is 3.46. The lowest BCUT2D eigenvalue weighted by atomic mass is 9.91. The number of rotatable bonds is 4. The van der Waals surface area contributed by atoms with Crippen molar-refractivity contribution in [2.75, 3.05) is 0 Å². The first kappa shape index (κ1) is 17.2. The summed E-state index contributed by atoms with van der Waals surface area (Å²) in [6.07, 6.45) is 7.69. The summed E-state index contributed by atoms with van der Waals surface area (Å²) in [5, 5.41) is 8.89. The van der Waals surface area contributed by atoms with Gasteiger partial charge in [0.2, 0.25) is 0 Å². The molecule has 5 rings (SSSR count). The van der Waals surface area contributed by atoms with Gasteiger partial charge in [-0.1, -0.05) is 6.07 Å². The highest BCUT2D eigenvalue weighted by Gasteiger charge is 2.28. The van der Waals surface area contributed by atoms with Crippen LogP contribution in [0.15, 0.2) is 47.4 Å². The molecule has 2 heterocycles. The summed E-state index contributed by atoms with van der Waals surface area (Å²) in [6, 6.07) is 11.5. The number of nitrogens with zero attached hydrogens (tertiary/aromatic N) is 2. The van der Waals surface area contributed by atoms with Crippen molar-refractivity contribution in [1.82, 2.24) is 20.1 Å². The van der Waals surface area contributed by atoms with Crippen LogP contribution in [0.5, 0.6) is 0 Å². The number of amides is 1. The molecule has 2 aliphatic rings. The Bertz CT molecular complexity index is 1070. The summed E-state index contributed by atoms with van der Waals surface area (Å²) in [4.78, 5) is 28.0. The maximum absolute atomic E-state index is 12.6. The van der Waals surface area contributed by atoms with Crippen LogP contribution in [0.2, 0.25) is 0 Å². The highest BCUT2D eigenvalue weighted by Crippen LogP contribution is 2.38. The van der Waals surface area contributed by atoms with E-state index in [-0.39, 0.29) is 23.6 Å². The predicted molar refractivity (Wildman–Crippen MR) is 108 cm³/mol. The number of nitrogens with one attached hydrogen (secondary N) is 2. The minimum atomic E-state index is -0.0361. The second-order valence-corrected chi connectivity index (χ2v) is 8.07. The standard InChI is InChI=1S/C22H24N4O2/c27-21-10-9-19(14-1-2-14)25-26(21)18-7-5-17(6-8-18)24-22(28)16-4-3-15-11-12-23-20(15)13-16/h3-4,9-14,17-18,23H,1-2,5-8H2,(H,24,28). The van der Waals surface area contributed by atoms with E-state index in [1.807, 2.05) is 36.5 Å². The predicted octanol–water partition coefficient (Wildman–Crippen LogP) is 3.52. The zero-order valence-electron chi connectivity index (χ0n) is 15.7. The van der Waals surface area contributed by atoms with Gasteiger partial charge in [0, 0.05) is 35.3 Å². The van der Waals surface area contributed by atoms with Gasteiger partial charge < -0.3 is 10.3 Å². The third kappa shape index (κ3) is 3.35. The van der Waals surface area contributed by atoms with Crippen LogP contribution in [-0.2, 0) is 0 Å². The Morgan fingerprint density at radius 3 is 2.64 bits per heavy atom. The first-order valence-corrected chi connectivity index (χ1v) is 10.1. The molecule has 2 aliphatic carbocycles. The summed E-state index contributed by atoms with van der Waals surface area (Å²) < 4.78 is 1.69. The molecule has 0 unspecified atom stereocenters. The Balaban J connectivity index is 1.23. The fourth-order valence-electron chi connectivity index (χ4n) is 4.22. The second kappa shape index (κ2) is 6.93. The topological polar surface area (TPSA) is 79.8 Å². The fourth-order valence-corrected chi connectivity index (χ4v) is 4.22. The Morgan fingerprint density at radius 2 is 1.86 bits per heavy atom. The Hall–Kier alpha value is -2.89. The lowest BCUT2D eigenvalue weighted by Crippen LogP contribution is -2.39. The first-order chi connectivity index (χ1) is 13.7. The molecule has 1 aromatic carbocycles. The van der Waals surface area contributed by atoms with Gasteiger partial charge in [0.25, 0.3) is 11.5 Å². The molecule has 28 heavy (non-hydrogen) atoms. The monoisotopic (exact) mass is 376 g/mol. The van der Waals surface area contributed by atoms with Crippen molar-refractivity contribution in [2.45, 2.75) is 56.5 Å². The van der Waals surface area contributed by atoms with Crippen molar-refractivity contribution in [3.8, 4) is 0 Å². The van der Waals surface area contributed by atoms with E-state index in [0.717, 1.165) is 42.3 Å². The summed E-state index contributed by atoms with van der Waals surface area (Å²) in [5.41, 5.74) is 2.68. The average molecular weight is 376 g/mol. The summed E-state index contributed by atoms with van der Waals surface area (Å²) in [5.74, 6) is 0.505. The van der Waals surface area contributed by atoms with E-state index in [1.165, 1.54) is 12.8 Å². The number of fused-ring (bicyclic) bond motifs is 1. The van der Waals surface area contributed by atoms with E-state index in [9.17, 15) is 9.59 Å². The lowest BCUT2D eigenvalue weighted by Gasteiger charge is -2.29. The minimum Gasteiger partial charge on any atom is -0.361 e. The van der Waals surface area contributed by atoms with Crippen molar-refractivity contribution >= 4 is 16.8 Å². The van der Waals surface area contributed by atoms with Crippen LogP contribution >= 0.6 is 0 Å². The summed E-state index contributed by atoms with van der Waals surface area (Å²) >= 11 is 0. The SMILES string of the molecule is O=C(NC1CCC(n2nc(C3CC3)ccc2=O)CC1)c1ccc2cc[nH]c2c1. The number of H-pyrrole nitrogens is 1. The van der Waals surface area contributed by atoms with E-state index in [2.05, 4.69) is 15.4 Å². The van der Waals surface area contributed by atoms with Crippen LogP contribution in [0, 0.1) is 0 Å². The minimum absolute atomic E-state index is 0.0175. The maximum Gasteiger partial charge on any atom is 0.267 e. The third-order valence-electron chi connectivity index (χ3n) is 6.04. The number of hydrogen-bond donors (Lipinski definition) is 2. The van der Waals surface area contributed by atoms with Crippen LogP contribution in [-0.4, -0.2) is 26.7 Å². The molecule has 2 aromatic heterocycles. The summed E-state index contributed by atoms with van der Waals surface area (Å²) in [6.45, 7) is 0. The van der Waals surface area contributed by atoms with Crippen molar-refractivity contribution in [3.05, 3.63) is 64.2 Å². The van der Waals surface area contributed by atoms with E-state index >= 15 is 0 Å². The molecule has 0 spiro atoms. The molecule has 1 amide bonds. The van der Waals surface area contributed by atoms with Crippen LogP contribution in [0.1, 0.15) is 66.5 Å². The van der Waals surface area contributed by atoms with Gasteiger partial charge in [-0.15, -0.1) is 0 Å². The zero-order chi connectivity index (χ0) is 19.1. The molecule has 2 fully saturated rings. The summed E-state index contributed by atoms with van der Waals surface area (Å²) in [7, 11) is 0. The van der Waals surface area contributed by atoms with Crippen LogP contribution in [0.4, 0.5) is 0 Å². The van der Waals surface area contributed by atoms with Gasteiger partial charge in [0.1, 0.15) is 0 Å². The third-order valence-corrected chi connectivity index (χ3v) is 6.04. The van der Waals surface area contributed by atoms with Crippen LogP contribution < -0.4 is 10.9 Å². The van der Waals surface area contributed by atoms with E-state index < -0.39 is 0 Å². The molecule has 144 valence electrons. The smallest absolute Gasteiger partial charge is 0.267 e. The van der Waals surface area contributed by atoms with Crippen LogP contribution in [0.3, 0.4) is 0 Å². The van der Waals surface area contributed by atoms with Gasteiger partial charge in [-0.3, -0.25) is 9.59 Å². The van der Waals surface area contributed by atoms with Gasteiger partial charge in [0.05, 0.1) is 11.7 Å². The fraction of sp³-hybridized carbons (Fsp3) is 0.409. The Labute approximate surface area is 163 Å². The van der Waals surface area contributed by atoms with E-state index in [4.69, 9.17) is 0 Å². The Morgan fingerprint density at radius 1 is 1.04 bits per heavy atom. The molecule has 2 N–H and O–H groups in total. The molecule has 0 atom stereocenters. The Kier molecular flexibility index (Phi) is 4.26. The highest BCUT2D eigenvalue weighted by atomic mass is 16.1. The largest absolute Gasteiger partial charge is 0.361 e.